The highest BCUT2D eigenvalue weighted by Crippen LogP contribution is 2.29. The monoisotopic (exact) mass is 496 g/mol. The number of hydrogen-bond acceptors (Lipinski definition) is 7. The Morgan fingerprint density at radius 3 is 2.46 bits per heavy atom. The summed E-state index contributed by atoms with van der Waals surface area (Å²) in [5, 5.41) is 20.4. The Hall–Kier alpha value is -5.12. The van der Waals surface area contributed by atoms with E-state index >= 15 is 0 Å². The van der Waals surface area contributed by atoms with Gasteiger partial charge in [-0.25, -0.2) is 0 Å². The number of amides is 2. The van der Waals surface area contributed by atoms with Crippen molar-refractivity contribution in [3.63, 3.8) is 0 Å². The Morgan fingerprint density at radius 1 is 0.919 bits per heavy atom. The minimum absolute atomic E-state index is 0.157. The van der Waals surface area contributed by atoms with Crippen LogP contribution in [0.15, 0.2) is 91.4 Å². The second-order valence-electron chi connectivity index (χ2n) is 8.18. The Labute approximate surface area is 212 Å². The van der Waals surface area contributed by atoms with E-state index in [-0.39, 0.29) is 35.4 Å². The van der Waals surface area contributed by atoms with Crippen LogP contribution in [-0.2, 0) is 6.54 Å². The fraction of sp³-hybridized carbons (Fsp3) is 0.111. The first-order valence-electron chi connectivity index (χ1n) is 11.4. The molecule has 0 bridgehead atoms. The molecular formula is C27H24N6O4. The second-order valence-corrected chi connectivity index (χ2v) is 8.18. The lowest BCUT2D eigenvalue weighted by Gasteiger charge is -2.15. The van der Waals surface area contributed by atoms with Crippen molar-refractivity contribution < 1.29 is 14.5 Å². The molecule has 0 saturated heterocycles. The van der Waals surface area contributed by atoms with Gasteiger partial charge in [0.25, 0.3) is 17.5 Å². The maximum atomic E-state index is 12.8. The summed E-state index contributed by atoms with van der Waals surface area (Å²) in [6, 6.07) is 19.7. The van der Waals surface area contributed by atoms with Crippen LogP contribution in [0.5, 0.6) is 0 Å². The van der Waals surface area contributed by atoms with Crippen molar-refractivity contribution in [3.05, 3.63) is 124 Å². The molecule has 1 atom stereocenters. The highest BCUT2D eigenvalue weighted by molar-refractivity contribution is 6.04. The Kier molecular flexibility index (Phi) is 7.79. The average Bonchev–Trinajstić information content (AvgIpc) is 2.93. The second kappa shape index (κ2) is 11.5. The molecule has 0 aliphatic rings. The first-order valence-corrected chi connectivity index (χ1v) is 11.4. The van der Waals surface area contributed by atoms with Crippen molar-refractivity contribution in [3.8, 4) is 0 Å². The first-order chi connectivity index (χ1) is 17.9. The molecular weight excluding hydrogens is 472 g/mol. The van der Waals surface area contributed by atoms with Gasteiger partial charge in [-0.15, -0.1) is 0 Å². The van der Waals surface area contributed by atoms with E-state index in [0.29, 0.717) is 11.3 Å². The van der Waals surface area contributed by atoms with Crippen molar-refractivity contribution >= 4 is 28.9 Å². The van der Waals surface area contributed by atoms with Gasteiger partial charge in [-0.3, -0.25) is 29.7 Å². The zero-order chi connectivity index (χ0) is 26.2. The molecule has 2 heterocycles. The van der Waals surface area contributed by atoms with Gasteiger partial charge in [-0.2, -0.15) is 0 Å². The number of hydrogen-bond donors (Lipinski definition) is 3. The average molecular weight is 497 g/mol. The number of nitro groups is 1. The maximum Gasteiger partial charge on any atom is 0.293 e. The van der Waals surface area contributed by atoms with Gasteiger partial charge >= 0.3 is 0 Å². The first kappa shape index (κ1) is 25.0. The molecule has 1 unspecified atom stereocenters. The van der Waals surface area contributed by atoms with Crippen LogP contribution in [0.1, 0.15) is 44.9 Å². The third kappa shape index (κ3) is 6.51. The molecule has 3 N–H and O–H groups in total. The Morgan fingerprint density at radius 2 is 1.73 bits per heavy atom. The van der Waals surface area contributed by atoms with E-state index in [9.17, 15) is 19.7 Å². The number of pyridine rings is 2. The summed E-state index contributed by atoms with van der Waals surface area (Å²) in [7, 11) is 0. The summed E-state index contributed by atoms with van der Waals surface area (Å²) >= 11 is 0. The van der Waals surface area contributed by atoms with Crippen molar-refractivity contribution in [2.45, 2.75) is 19.5 Å². The summed E-state index contributed by atoms with van der Waals surface area (Å²) in [6.45, 7) is 2.02. The zero-order valence-corrected chi connectivity index (χ0v) is 19.9. The van der Waals surface area contributed by atoms with Crippen molar-refractivity contribution in [2.24, 2.45) is 0 Å². The summed E-state index contributed by atoms with van der Waals surface area (Å²) < 4.78 is 0. The van der Waals surface area contributed by atoms with Crippen LogP contribution in [-0.4, -0.2) is 26.7 Å². The molecule has 4 aromatic rings. The van der Waals surface area contributed by atoms with Crippen LogP contribution in [0.3, 0.4) is 0 Å². The third-order valence-electron chi connectivity index (χ3n) is 5.54. The van der Waals surface area contributed by atoms with Gasteiger partial charge < -0.3 is 16.0 Å². The summed E-state index contributed by atoms with van der Waals surface area (Å²) in [5.41, 5.74) is 2.76. The van der Waals surface area contributed by atoms with Gasteiger partial charge in [0.05, 0.1) is 16.7 Å². The van der Waals surface area contributed by atoms with Crippen LogP contribution < -0.4 is 16.0 Å². The van der Waals surface area contributed by atoms with Crippen LogP contribution in [0.2, 0.25) is 0 Å². The molecule has 10 nitrogen and oxygen atoms in total. The minimum Gasteiger partial charge on any atom is -0.371 e. The SMILES string of the molecule is CC(Nc1ccc(C(=O)NCc2cccc(NC(=O)c3ccncc3)c2)cc1[N+](=O)[O-])c1ccccn1. The number of carbonyl (C=O) groups excluding carboxylic acids is 2. The van der Waals surface area contributed by atoms with Gasteiger partial charge in [0.1, 0.15) is 5.69 Å². The van der Waals surface area contributed by atoms with Crippen LogP contribution in [0, 0.1) is 10.1 Å². The quantitative estimate of drug-likeness (QED) is 0.225. The summed E-state index contributed by atoms with van der Waals surface area (Å²) in [5.74, 6) is -0.736. The zero-order valence-electron chi connectivity index (χ0n) is 19.9. The topological polar surface area (TPSA) is 139 Å². The van der Waals surface area contributed by atoms with Gasteiger partial charge in [-0.05, 0) is 61.0 Å². The van der Waals surface area contributed by atoms with Gasteiger partial charge in [-0.1, -0.05) is 18.2 Å². The fourth-order valence-corrected chi connectivity index (χ4v) is 3.64. The molecule has 37 heavy (non-hydrogen) atoms. The van der Waals surface area contributed by atoms with Crippen LogP contribution >= 0.6 is 0 Å². The lowest BCUT2D eigenvalue weighted by Crippen LogP contribution is -2.23. The van der Waals surface area contributed by atoms with E-state index in [0.717, 1.165) is 11.3 Å². The molecule has 0 spiro atoms. The molecule has 4 rings (SSSR count). The minimum atomic E-state index is -0.529. The Bertz CT molecular complexity index is 1410. The molecule has 0 radical (unpaired) electrons. The molecule has 0 aliphatic carbocycles. The third-order valence-corrected chi connectivity index (χ3v) is 5.54. The number of nitrogens with one attached hydrogen (secondary N) is 3. The van der Waals surface area contributed by atoms with Crippen LogP contribution in [0.25, 0.3) is 0 Å². The molecule has 2 amide bonds. The Balaban J connectivity index is 1.41. The normalized spacial score (nSPS) is 11.3. The lowest BCUT2D eigenvalue weighted by atomic mass is 10.1. The van der Waals surface area contributed by atoms with E-state index in [1.165, 1.54) is 30.6 Å². The van der Waals surface area contributed by atoms with Gasteiger partial charge in [0.15, 0.2) is 0 Å². The lowest BCUT2D eigenvalue weighted by molar-refractivity contribution is -0.384. The number of aromatic nitrogens is 2. The number of anilines is 2. The molecule has 186 valence electrons. The largest absolute Gasteiger partial charge is 0.371 e. The van der Waals surface area contributed by atoms with E-state index < -0.39 is 10.8 Å². The maximum absolute atomic E-state index is 12.8. The molecule has 2 aromatic carbocycles. The smallest absolute Gasteiger partial charge is 0.293 e. The van der Waals surface area contributed by atoms with Crippen molar-refractivity contribution in [1.82, 2.24) is 15.3 Å². The summed E-state index contributed by atoms with van der Waals surface area (Å²) in [4.78, 5) is 44.5. The molecule has 0 aliphatic heterocycles. The number of nitrogens with zero attached hydrogens (tertiary/aromatic N) is 3. The van der Waals surface area contributed by atoms with E-state index in [4.69, 9.17) is 0 Å². The van der Waals surface area contributed by atoms with Gasteiger partial charge in [0, 0.05) is 48.0 Å². The van der Waals surface area contributed by atoms with Crippen molar-refractivity contribution in [2.75, 3.05) is 10.6 Å². The number of nitro benzene ring substituents is 1. The molecule has 0 fully saturated rings. The standard InChI is InChI=1S/C27H24N6O4/c1-18(23-7-2-3-12-29-23)31-24-9-8-21(16-25(24)33(36)37)26(34)30-17-19-5-4-6-22(15-19)32-27(35)20-10-13-28-14-11-20/h2-16,18,31H,17H2,1H3,(H,30,34)(H,32,35). The molecule has 0 saturated carbocycles. The van der Waals surface area contributed by atoms with Crippen LogP contribution in [0.4, 0.5) is 17.1 Å². The molecule has 10 heteroatoms. The van der Waals surface area contributed by atoms with E-state index in [1.54, 1.807) is 48.7 Å². The molecule has 2 aromatic heterocycles. The predicted octanol–water partition coefficient (Wildman–Crippen LogP) is 4.74. The predicted molar refractivity (Wildman–Crippen MR) is 139 cm³/mol. The van der Waals surface area contributed by atoms with E-state index in [1.807, 2.05) is 19.1 Å². The van der Waals surface area contributed by atoms with Crippen molar-refractivity contribution in [1.29, 1.82) is 0 Å². The van der Waals surface area contributed by atoms with E-state index in [2.05, 4.69) is 25.9 Å². The highest BCUT2D eigenvalue weighted by Gasteiger charge is 2.20. The number of carbonyl (C=O) groups is 2. The number of rotatable bonds is 9. The van der Waals surface area contributed by atoms with Gasteiger partial charge in [0.2, 0.25) is 0 Å². The number of benzene rings is 2. The fourth-order valence-electron chi connectivity index (χ4n) is 3.64. The summed E-state index contributed by atoms with van der Waals surface area (Å²) in [6.07, 6.45) is 4.73. The highest BCUT2D eigenvalue weighted by atomic mass is 16.6.